The monoisotopic (exact) mass is 308 g/mol. The van der Waals surface area contributed by atoms with Crippen molar-refractivity contribution in [2.24, 2.45) is 0 Å². The number of carboxylic acids is 1. The number of nitrogens with two attached hydrogens (primary N) is 1. The first kappa shape index (κ1) is 17.8. The summed E-state index contributed by atoms with van der Waals surface area (Å²) < 4.78 is 5.09. The second-order valence-electron chi connectivity index (χ2n) is 6.38. The Morgan fingerprint density at radius 2 is 1.77 bits per heavy atom. The molecule has 6 heteroatoms. The topological polar surface area (TPSA) is 102 Å². The SMILES string of the molecule is Cc1cc(CC(NC(=O)OC(C)(C)C)C(=O)O)cc(C)c1N. The molecule has 1 aromatic carbocycles. The summed E-state index contributed by atoms with van der Waals surface area (Å²) in [4.78, 5) is 23.1. The number of nitrogen functional groups attached to an aromatic ring is 1. The number of amides is 1. The summed E-state index contributed by atoms with van der Waals surface area (Å²) >= 11 is 0. The van der Waals surface area contributed by atoms with Crippen molar-refractivity contribution in [1.82, 2.24) is 5.32 Å². The van der Waals surface area contributed by atoms with Crippen LogP contribution in [0.2, 0.25) is 0 Å². The number of carbonyl (C=O) groups excluding carboxylic acids is 1. The Morgan fingerprint density at radius 3 is 2.18 bits per heavy atom. The van der Waals surface area contributed by atoms with Crippen LogP contribution >= 0.6 is 0 Å². The lowest BCUT2D eigenvalue weighted by Gasteiger charge is -2.22. The van der Waals surface area contributed by atoms with Gasteiger partial charge >= 0.3 is 12.1 Å². The summed E-state index contributed by atoms with van der Waals surface area (Å²) in [6.07, 6.45) is -0.583. The van der Waals surface area contributed by atoms with E-state index >= 15 is 0 Å². The van der Waals surface area contributed by atoms with Crippen molar-refractivity contribution in [2.75, 3.05) is 5.73 Å². The quantitative estimate of drug-likeness (QED) is 0.741. The predicted octanol–water partition coefficient (Wildman–Crippen LogP) is 2.41. The first-order valence-electron chi connectivity index (χ1n) is 7.07. The summed E-state index contributed by atoms with van der Waals surface area (Å²) in [5.74, 6) is -1.11. The van der Waals surface area contributed by atoms with Crippen molar-refractivity contribution in [3.63, 3.8) is 0 Å². The highest BCUT2D eigenvalue weighted by Gasteiger charge is 2.24. The molecule has 1 amide bonds. The molecule has 0 spiro atoms. The van der Waals surface area contributed by atoms with Gasteiger partial charge in [-0.25, -0.2) is 9.59 Å². The van der Waals surface area contributed by atoms with Gasteiger partial charge in [-0.1, -0.05) is 12.1 Å². The molecule has 0 saturated carbocycles. The molecule has 0 heterocycles. The third kappa shape index (κ3) is 5.27. The Balaban J connectivity index is 2.85. The number of aryl methyl sites for hydroxylation is 2. The smallest absolute Gasteiger partial charge is 0.408 e. The number of benzene rings is 1. The van der Waals surface area contributed by atoms with Gasteiger partial charge in [0.05, 0.1) is 0 Å². The van der Waals surface area contributed by atoms with E-state index in [9.17, 15) is 14.7 Å². The van der Waals surface area contributed by atoms with E-state index in [-0.39, 0.29) is 6.42 Å². The van der Waals surface area contributed by atoms with Crippen molar-refractivity contribution in [2.45, 2.75) is 52.7 Å². The van der Waals surface area contributed by atoms with Crippen molar-refractivity contribution in [3.05, 3.63) is 28.8 Å². The second kappa shape index (κ2) is 6.68. The van der Waals surface area contributed by atoms with Crippen LogP contribution in [0.3, 0.4) is 0 Å². The van der Waals surface area contributed by atoms with Gasteiger partial charge in [0.15, 0.2) is 0 Å². The third-order valence-corrected chi connectivity index (χ3v) is 3.08. The van der Waals surface area contributed by atoms with Gasteiger partial charge in [-0.3, -0.25) is 0 Å². The average molecular weight is 308 g/mol. The number of hydrogen-bond acceptors (Lipinski definition) is 4. The standard InChI is InChI=1S/C16H24N2O4/c1-9-6-11(7-10(2)13(9)17)8-12(14(19)20)18-15(21)22-16(3,4)5/h6-7,12H,8,17H2,1-5H3,(H,18,21)(H,19,20). The van der Waals surface area contributed by atoms with Crippen LogP contribution in [0.15, 0.2) is 12.1 Å². The fourth-order valence-corrected chi connectivity index (χ4v) is 2.07. The molecule has 0 bridgehead atoms. The predicted molar refractivity (Wildman–Crippen MR) is 84.8 cm³/mol. The largest absolute Gasteiger partial charge is 0.480 e. The molecular weight excluding hydrogens is 284 g/mol. The van der Waals surface area contributed by atoms with Crippen LogP contribution < -0.4 is 11.1 Å². The van der Waals surface area contributed by atoms with Crippen LogP contribution in [0.25, 0.3) is 0 Å². The Morgan fingerprint density at radius 1 is 1.27 bits per heavy atom. The molecule has 22 heavy (non-hydrogen) atoms. The number of ether oxygens (including phenoxy) is 1. The molecule has 0 radical (unpaired) electrons. The highest BCUT2D eigenvalue weighted by molar-refractivity contribution is 5.80. The van der Waals surface area contributed by atoms with Gasteiger partial charge in [0.1, 0.15) is 11.6 Å². The molecule has 1 atom stereocenters. The fraction of sp³-hybridized carbons (Fsp3) is 0.500. The number of anilines is 1. The summed E-state index contributed by atoms with van der Waals surface area (Å²) in [7, 11) is 0. The average Bonchev–Trinajstić information content (AvgIpc) is 2.32. The number of carbonyl (C=O) groups is 2. The molecule has 0 saturated heterocycles. The van der Waals surface area contributed by atoms with Crippen molar-refractivity contribution in [3.8, 4) is 0 Å². The first-order valence-corrected chi connectivity index (χ1v) is 7.07. The number of aliphatic carboxylic acids is 1. The van der Waals surface area contributed by atoms with Crippen molar-refractivity contribution < 1.29 is 19.4 Å². The van der Waals surface area contributed by atoms with Crippen LogP contribution in [0.1, 0.15) is 37.5 Å². The van der Waals surface area contributed by atoms with E-state index in [4.69, 9.17) is 10.5 Å². The zero-order valence-electron chi connectivity index (χ0n) is 13.7. The summed E-state index contributed by atoms with van der Waals surface area (Å²) in [6.45, 7) is 8.88. The molecule has 6 nitrogen and oxygen atoms in total. The molecule has 0 aliphatic heterocycles. The number of rotatable bonds is 4. The van der Waals surface area contributed by atoms with Gasteiger partial charge in [0.2, 0.25) is 0 Å². The molecule has 0 aromatic heterocycles. The van der Waals surface area contributed by atoms with Gasteiger partial charge in [0, 0.05) is 12.1 Å². The molecule has 1 unspecified atom stereocenters. The maximum atomic E-state index is 11.7. The number of carboxylic acid groups (broad SMARTS) is 1. The highest BCUT2D eigenvalue weighted by atomic mass is 16.6. The van der Waals surface area contributed by atoms with E-state index < -0.39 is 23.7 Å². The lowest BCUT2D eigenvalue weighted by Crippen LogP contribution is -2.44. The molecule has 0 aliphatic carbocycles. The van der Waals surface area contributed by atoms with Gasteiger partial charge in [-0.2, -0.15) is 0 Å². The zero-order chi connectivity index (χ0) is 17.1. The molecule has 0 aliphatic rings. The number of hydrogen-bond donors (Lipinski definition) is 3. The summed E-state index contributed by atoms with van der Waals surface area (Å²) in [6, 6.07) is 2.60. The van der Waals surface area contributed by atoms with Crippen LogP contribution in [0, 0.1) is 13.8 Å². The van der Waals surface area contributed by atoms with E-state index in [1.807, 2.05) is 26.0 Å². The molecule has 0 fully saturated rings. The first-order chi connectivity index (χ1) is 9.99. The van der Waals surface area contributed by atoms with Crippen molar-refractivity contribution >= 4 is 17.7 Å². The van der Waals surface area contributed by atoms with E-state index in [1.54, 1.807) is 20.8 Å². The minimum absolute atomic E-state index is 0.163. The Bertz CT molecular complexity index is 553. The molecule has 4 N–H and O–H groups in total. The van der Waals surface area contributed by atoms with Crippen molar-refractivity contribution in [1.29, 1.82) is 0 Å². The fourth-order valence-electron chi connectivity index (χ4n) is 2.07. The van der Waals surface area contributed by atoms with Gasteiger partial charge < -0.3 is 20.9 Å². The van der Waals surface area contributed by atoms with E-state index in [1.165, 1.54) is 0 Å². The minimum atomic E-state index is -1.11. The molecule has 1 rings (SSSR count). The maximum absolute atomic E-state index is 11.7. The van der Waals surface area contributed by atoms with Gasteiger partial charge in [-0.15, -0.1) is 0 Å². The zero-order valence-corrected chi connectivity index (χ0v) is 13.7. The van der Waals surface area contributed by atoms with Crippen LogP contribution in [-0.4, -0.2) is 28.8 Å². The van der Waals surface area contributed by atoms with E-state index in [0.29, 0.717) is 5.69 Å². The van der Waals surface area contributed by atoms with Crippen LogP contribution in [-0.2, 0) is 16.0 Å². The minimum Gasteiger partial charge on any atom is -0.480 e. The lowest BCUT2D eigenvalue weighted by molar-refractivity contribution is -0.139. The van der Waals surface area contributed by atoms with E-state index in [0.717, 1.165) is 16.7 Å². The highest BCUT2D eigenvalue weighted by Crippen LogP contribution is 2.19. The lowest BCUT2D eigenvalue weighted by atomic mass is 9.99. The van der Waals surface area contributed by atoms with Gasteiger partial charge in [0.25, 0.3) is 0 Å². The third-order valence-electron chi connectivity index (χ3n) is 3.08. The maximum Gasteiger partial charge on any atom is 0.408 e. The summed E-state index contributed by atoms with van der Waals surface area (Å²) in [5.41, 5.74) is 8.47. The molecule has 1 aromatic rings. The van der Waals surface area contributed by atoms with Gasteiger partial charge in [-0.05, 0) is 51.3 Å². The Labute approximate surface area is 130 Å². The van der Waals surface area contributed by atoms with Crippen LogP contribution in [0.5, 0.6) is 0 Å². The summed E-state index contributed by atoms with van der Waals surface area (Å²) in [5, 5.41) is 11.7. The Kier molecular flexibility index (Phi) is 5.41. The second-order valence-corrected chi connectivity index (χ2v) is 6.38. The van der Waals surface area contributed by atoms with E-state index in [2.05, 4.69) is 5.32 Å². The number of alkyl carbamates (subject to hydrolysis) is 1. The normalized spacial score (nSPS) is 12.6. The van der Waals surface area contributed by atoms with Crippen LogP contribution in [0.4, 0.5) is 10.5 Å². The molecule has 122 valence electrons. The number of nitrogens with one attached hydrogen (secondary N) is 1. The molecular formula is C16H24N2O4. The Hall–Kier alpha value is -2.24.